The summed E-state index contributed by atoms with van der Waals surface area (Å²) < 4.78 is 30.9. The van der Waals surface area contributed by atoms with Crippen LogP contribution in [0.1, 0.15) is 22.3 Å². The van der Waals surface area contributed by atoms with Gasteiger partial charge in [0.05, 0.1) is 11.6 Å². The SMILES string of the molecule is Cc1ccc(/C=C/S(=O)(=O)NCC(=O)OCc2ccc(C#N)cc2)cc1. The molecular formula is C19H18N2O4S. The maximum absolute atomic E-state index is 11.9. The first kappa shape index (κ1) is 19.4. The quantitative estimate of drug-likeness (QED) is 0.756. The summed E-state index contributed by atoms with van der Waals surface area (Å²) in [4.78, 5) is 11.7. The molecular weight excluding hydrogens is 352 g/mol. The number of carbonyl (C=O) groups excluding carboxylic acids is 1. The molecule has 2 rings (SSSR count). The molecule has 0 saturated heterocycles. The molecule has 0 heterocycles. The second-order valence-corrected chi connectivity index (χ2v) is 7.20. The number of benzene rings is 2. The van der Waals surface area contributed by atoms with Gasteiger partial charge in [-0.15, -0.1) is 0 Å². The van der Waals surface area contributed by atoms with Gasteiger partial charge >= 0.3 is 5.97 Å². The van der Waals surface area contributed by atoms with E-state index in [2.05, 4.69) is 4.72 Å². The standard InChI is InChI=1S/C19H18N2O4S/c1-15-2-4-16(5-3-15)10-11-26(23,24)21-13-19(22)25-14-18-8-6-17(12-20)7-9-18/h2-11,21H,13-14H2,1H3/b11-10+. The lowest BCUT2D eigenvalue weighted by Gasteiger charge is -2.06. The second-order valence-electron chi connectivity index (χ2n) is 5.55. The molecule has 2 aromatic rings. The monoisotopic (exact) mass is 370 g/mol. The van der Waals surface area contributed by atoms with E-state index >= 15 is 0 Å². The smallest absolute Gasteiger partial charge is 0.321 e. The molecule has 0 aliphatic rings. The minimum Gasteiger partial charge on any atom is -0.460 e. The zero-order chi connectivity index (χ0) is 19.0. The van der Waals surface area contributed by atoms with Gasteiger partial charge in [0.2, 0.25) is 10.0 Å². The van der Waals surface area contributed by atoms with E-state index in [1.807, 2.05) is 25.1 Å². The van der Waals surface area contributed by atoms with E-state index in [1.54, 1.807) is 36.4 Å². The predicted molar refractivity (Wildman–Crippen MR) is 98.1 cm³/mol. The zero-order valence-corrected chi connectivity index (χ0v) is 15.0. The number of ether oxygens (including phenoxy) is 1. The van der Waals surface area contributed by atoms with Crippen molar-refractivity contribution in [3.8, 4) is 6.07 Å². The van der Waals surface area contributed by atoms with E-state index in [1.165, 1.54) is 6.08 Å². The fourth-order valence-electron chi connectivity index (χ4n) is 1.94. The topological polar surface area (TPSA) is 96.3 Å². The third kappa shape index (κ3) is 6.51. The highest BCUT2D eigenvalue weighted by Gasteiger charge is 2.10. The van der Waals surface area contributed by atoms with Crippen LogP contribution in [0.3, 0.4) is 0 Å². The second kappa shape index (κ2) is 8.94. The number of rotatable bonds is 7. The van der Waals surface area contributed by atoms with Crippen molar-refractivity contribution in [1.82, 2.24) is 4.72 Å². The molecule has 0 aliphatic heterocycles. The summed E-state index contributed by atoms with van der Waals surface area (Å²) >= 11 is 0. The predicted octanol–water partition coefficient (Wildman–Crippen LogP) is 2.50. The van der Waals surface area contributed by atoms with Crippen LogP contribution >= 0.6 is 0 Å². The van der Waals surface area contributed by atoms with E-state index in [9.17, 15) is 13.2 Å². The average Bonchev–Trinajstić information content (AvgIpc) is 2.65. The lowest BCUT2D eigenvalue weighted by molar-refractivity contribution is -0.143. The number of nitrogens with one attached hydrogen (secondary N) is 1. The van der Waals surface area contributed by atoms with Crippen LogP contribution in [-0.2, 0) is 26.2 Å². The van der Waals surface area contributed by atoms with Crippen molar-refractivity contribution in [3.05, 3.63) is 76.2 Å². The molecule has 134 valence electrons. The Hall–Kier alpha value is -2.95. The third-order valence-corrected chi connectivity index (χ3v) is 4.46. The first-order valence-corrected chi connectivity index (χ1v) is 9.32. The number of nitriles is 1. The van der Waals surface area contributed by atoms with Crippen LogP contribution in [0.4, 0.5) is 0 Å². The van der Waals surface area contributed by atoms with Gasteiger partial charge in [-0.3, -0.25) is 4.79 Å². The Labute approximate surface area is 152 Å². The Bertz CT molecular complexity index is 925. The number of carbonyl (C=O) groups is 1. The molecule has 1 N–H and O–H groups in total. The molecule has 0 radical (unpaired) electrons. The molecule has 0 saturated carbocycles. The van der Waals surface area contributed by atoms with Crippen LogP contribution in [0.2, 0.25) is 0 Å². The lowest BCUT2D eigenvalue weighted by Crippen LogP contribution is -2.29. The molecule has 0 atom stereocenters. The summed E-state index contributed by atoms with van der Waals surface area (Å²) in [7, 11) is -3.74. The Morgan fingerprint density at radius 2 is 1.81 bits per heavy atom. The van der Waals surface area contributed by atoms with Crippen LogP contribution in [-0.4, -0.2) is 20.9 Å². The van der Waals surface area contributed by atoms with Gasteiger partial charge in [0.1, 0.15) is 13.2 Å². The molecule has 7 heteroatoms. The van der Waals surface area contributed by atoms with Gasteiger partial charge in [-0.25, -0.2) is 13.1 Å². The molecule has 0 fully saturated rings. The number of esters is 1. The van der Waals surface area contributed by atoms with Gasteiger partial charge in [-0.2, -0.15) is 5.26 Å². The number of sulfonamides is 1. The van der Waals surface area contributed by atoms with Crippen LogP contribution in [0.5, 0.6) is 0 Å². The van der Waals surface area contributed by atoms with Crippen molar-refractivity contribution >= 4 is 22.1 Å². The number of hydrogen-bond donors (Lipinski definition) is 1. The Morgan fingerprint density at radius 3 is 2.42 bits per heavy atom. The Morgan fingerprint density at radius 1 is 1.15 bits per heavy atom. The van der Waals surface area contributed by atoms with Crippen LogP contribution in [0.25, 0.3) is 6.08 Å². The van der Waals surface area contributed by atoms with Crippen LogP contribution < -0.4 is 4.72 Å². The molecule has 0 amide bonds. The van der Waals surface area contributed by atoms with E-state index in [4.69, 9.17) is 10.00 Å². The summed E-state index contributed by atoms with van der Waals surface area (Å²) in [5, 5.41) is 9.72. The van der Waals surface area contributed by atoms with Gasteiger partial charge < -0.3 is 4.74 Å². The first-order valence-electron chi connectivity index (χ1n) is 7.77. The molecule has 6 nitrogen and oxygen atoms in total. The molecule has 2 aromatic carbocycles. The summed E-state index contributed by atoms with van der Waals surface area (Å²) in [6.07, 6.45) is 1.45. The van der Waals surface area contributed by atoms with Crippen molar-refractivity contribution in [2.45, 2.75) is 13.5 Å². The van der Waals surface area contributed by atoms with E-state index in [-0.39, 0.29) is 6.61 Å². The van der Waals surface area contributed by atoms with Crippen molar-refractivity contribution in [1.29, 1.82) is 5.26 Å². The summed E-state index contributed by atoms with van der Waals surface area (Å²) in [5.74, 6) is -0.693. The molecule has 0 aromatic heterocycles. The number of aryl methyl sites for hydroxylation is 1. The van der Waals surface area contributed by atoms with Crippen molar-refractivity contribution in [3.63, 3.8) is 0 Å². The van der Waals surface area contributed by atoms with Gasteiger partial charge in [-0.05, 0) is 36.3 Å². The van der Waals surface area contributed by atoms with Crippen molar-refractivity contribution in [2.24, 2.45) is 0 Å². The van der Waals surface area contributed by atoms with Gasteiger partial charge in [-0.1, -0.05) is 42.0 Å². The van der Waals surface area contributed by atoms with Crippen LogP contribution in [0.15, 0.2) is 53.9 Å². The Balaban J connectivity index is 1.81. The first-order chi connectivity index (χ1) is 12.4. The molecule has 0 unspecified atom stereocenters. The minimum atomic E-state index is -3.74. The molecule has 0 aliphatic carbocycles. The largest absolute Gasteiger partial charge is 0.460 e. The minimum absolute atomic E-state index is 0.00543. The highest BCUT2D eigenvalue weighted by atomic mass is 32.2. The Kier molecular flexibility index (Phi) is 6.67. The fraction of sp³-hybridized carbons (Fsp3) is 0.158. The van der Waals surface area contributed by atoms with E-state index in [0.29, 0.717) is 11.1 Å². The van der Waals surface area contributed by atoms with Gasteiger partial charge in [0, 0.05) is 5.41 Å². The maximum Gasteiger partial charge on any atom is 0.321 e. The third-order valence-electron chi connectivity index (χ3n) is 3.42. The van der Waals surface area contributed by atoms with Crippen molar-refractivity contribution < 1.29 is 17.9 Å². The van der Waals surface area contributed by atoms with E-state index in [0.717, 1.165) is 16.5 Å². The normalized spacial score (nSPS) is 11.2. The van der Waals surface area contributed by atoms with Gasteiger partial charge in [0.25, 0.3) is 0 Å². The fourth-order valence-corrected chi connectivity index (χ4v) is 2.70. The number of hydrogen-bond acceptors (Lipinski definition) is 5. The summed E-state index contributed by atoms with van der Waals surface area (Å²) in [6, 6.07) is 15.9. The molecule has 26 heavy (non-hydrogen) atoms. The van der Waals surface area contributed by atoms with Crippen molar-refractivity contribution in [2.75, 3.05) is 6.54 Å². The molecule has 0 bridgehead atoms. The lowest BCUT2D eigenvalue weighted by atomic mass is 10.2. The van der Waals surface area contributed by atoms with Crippen LogP contribution in [0, 0.1) is 18.3 Å². The summed E-state index contributed by atoms with van der Waals surface area (Å²) in [5.41, 5.74) is 3.03. The highest BCUT2D eigenvalue weighted by molar-refractivity contribution is 7.92. The number of nitrogens with zero attached hydrogens (tertiary/aromatic N) is 1. The highest BCUT2D eigenvalue weighted by Crippen LogP contribution is 2.07. The maximum atomic E-state index is 11.9. The summed E-state index contributed by atoms with van der Waals surface area (Å²) in [6.45, 7) is 1.48. The average molecular weight is 370 g/mol. The van der Waals surface area contributed by atoms with Gasteiger partial charge in [0.15, 0.2) is 0 Å². The molecule has 0 spiro atoms. The zero-order valence-electron chi connectivity index (χ0n) is 14.2. The van der Waals surface area contributed by atoms with E-state index < -0.39 is 22.5 Å².